The highest BCUT2D eigenvalue weighted by Crippen LogP contribution is 2.23. The van der Waals surface area contributed by atoms with E-state index < -0.39 is 16.0 Å². The Morgan fingerprint density at radius 3 is 1.97 bits per heavy atom. The van der Waals surface area contributed by atoms with E-state index in [1.807, 2.05) is 0 Å². The summed E-state index contributed by atoms with van der Waals surface area (Å²) in [7, 11) is 0.454. The number of amides is 1. The number of esters is 1. The van der Waals surface area contributed by atoms with E-state index in [1.165, 1.54) is 50.5 Å². The summed E-state index contributed by atoms with van der Waals surface area (Å²) in [4.78, 5) is 26.0. The number of methoxy groups -OCH3 is 3. The molecular formula is C20H24N2O7S. The van der Waals surface area contributed by atoms with Gasteiger partial charge < -0.3 is 19.1 Å². The van der Waals surface area contributed by atoms with E-state index in [9.17, 15) is 18.0 Å². The van der Waals surface area contributed by atoms with Crippen LogP contribution in [0.3, 0.4) is 0 Å². The van der Waals surface area contributed by atoms with Crippen molar-refractivity contribution in [2.24, 2.45) is 5.14 Å². The molecule has 2 aromatic rings. The SMILES string of the molecule is COC(=O)CN(Cc1cc(OC)cc(OC)c1)C(=O)Cc1ccc(S(N)(=O)=O)cc1. The lowest BCUT2D eigenvalue weighted by atomic mass is 10.1. The Balaban J connectivity index is 2.23. The van der Waals surface area contributed by atoms with Crippen LogP contribution in [-0.2, 0) is 37.3 Å². The molecular weight excluding hydrogens is 412 g/mol. The topological polar surface area (TPSA) is 125 Å². The summed E-state index contributed by atoms with van der Waals surface area (Å²) in [5.74, 6) is 0.190. The maximum Gasteiger partial charge on any atom is 0.325 e. The van der Waals surface area contributed by atoms with Crippen LogP contribution < -0.4 is 14.6 Å². The van der Waals surface area contributed by atoms with Crippen LogP contribution in [0.15, 0.2) is 47.4 Å². The van der Waals surface area contributed by atoms with Gasteiger partial charge in [0.05, 0.1) is 32.6 Å². The summed E-state index contributed by atoms with van der Waals surface area (Å²) in [6, 6.07) is 10.8. The third-order valence-electron chi connectivity index (χ3n) is 4.29. The molecule has 0 fully saturated rings. The van der Waals surface area contributed by atoms with E-state index in [1.54, 1.807) is 18.2 Å². The number of hydrogen-bond acceptors (Lipinski definition) is 7. The predicted molar refractivity (Wildman–Crippen MR) is 108 cm³/mol. The van der Waals surface area contributed by atoms with E-state index in [2.05, 4.69) is 0 Å². The van der Waals surface area contributed by atoms with Crippen molar-refractivity contribution < 1.29 is 32.2 Å². The molecule has 162 valence electrons. The van der Waals surface area contributed by atoms with Crippen molar-refractivity contribution in [3.05, 3.63) is 53.6 Å². The predicted octanol–water partition coefficient (Wildman–Crippen LogP) is 1.10. The largest absolute Gasteiger partial charge is 0.497 e. The van der Waals surface area contributed by atoms with Gasteiger partial charge in [0.1, 0.15) is 18.0 Å². The van der Waals surface area contributed by atoms with Gasteiger partial charge in [0, 0.05) is 12.6 Å². The van der Waals surface area contributed by atoms with Crippen LogP contribution in [0.25, 0.3) is 0 Å². The molecule has 1 amide bonds. The number of nitrogens with two attached hydrogens (primary N) is 1. The molecule has 2 rings (SSSR count). The number of carbonyl (C=O) groups is 2. The molecule has 0 aromatic heterocycles. The van der Waals surface area contributed by atoms with Crippen LogP contribution in [0.2, 0.25) is 0 Å². The van der Waals surface area contributed by atoms with Crippen molar-refractivity contribution >= 4 is 21.9 Å². The quantitative estimate of drug-likeness (QED) is 0.583. The van der Waals surface area contributed by atoms with Gasteiger partial charge in [-0.1, -0.05) is 12.1 Å². The van der Waals surface area contributed by atoms with Gasteiger partial charge in [-0.05, 0) is 35.4 Å². The van der Waals surface area contributed by atoms with Gasteiger partial charge in [0.2, 0.25) is 15.9 Å². The summed E-state index contributed by atoms with van der Waals surface area (Å²) in [5, 5.41) is 5.08. The Morgan fingerprint density at radius 2 is 1.50 bits per heavy atom. The third kappa shape index (κ3) is 6.46. The molecule has 2 aromatic carbocycles. The minimum atomic E-state index is -3.82. The van der Waals surface area contributed by atoms with Gasteiger partial charge in [0.15, 0.2) is 0 Å². The summed E-state index contributed by atoms with van der Waals surface area (Å²) in [5.41, 5.74) is 1.28. The van der Waals surface area contributed by atoms with Crippen molar-refractivity contribution in [1.82, 2.24) is 4.90 Å². The highest BCUT2D eigenvalue weighted by molar-refractivity contribution is 7.89. The molecule has 0 aliphatic carbocycles. The molecule has 2 N–H and O–H groups in total. The van der Waals surface area contributed by atoms with Gasteiger partial charge in [-0.15, -0.1) is 0 Å². The molecule has 30 heavy (non-hydrogen) atoms. The molecule has 0 aliphatic rings. The van der Waals surface area contributed by atoms with Gasteiger partial charge in [0.25, 0.3) is 0 Å². The Hall–Kier alpha value is -3.11. The molecule has 0 heterocycles. The fourth-order valence-corrected chi connectivity index (χ4v) is 3.23. The van der Waals surface area contributed by atoms with Gasteiger partial charge in [-0.3, -0.25) is 9.59 Å². The molecule has 0 atom stereocenters. The molecule has 0 radical (unpaired) electrons. The first kappa shape index (κ1) is 23.2. The van der Waals surface area contributed by atoms with Gasteiger partial charge >= 0.3 is 5.97 Å². The minimum absolute atomic E-state index is 0.0387. The van der Waals surface area contributed by atoms with Crippen LogP contribution in [0.1, 0.15) is 11.1 Å². The van der Waals surface area contributed by atoms with E-state index >= 15 is 0 Å². The van der Waals surface area contributed by atoms with Crippen LogP contribution in [0.5, 0.6) is 11.5 Å². The first-order valence-electron chi connectivity index (χ1n) is 8.84. The van der Waals surface area contributed by atoms with Crippen LogP contribution >= 0.6 is 0 Å². The number of nitrogens with zero attached hydrogens (tertiary/aromatic N) is 1. The van der Waals surface area contributed by atoms with Crippen molar-refractivity contribution in [2.45, 2.75) is 17.9 Å². The highest BCUT2D eigenvalue weighted by Gasteiger charge is 2.20. The van der Waals surface area contributed by atoms with Crippen LogP contribution in [0.4, 0.5) is 0 Å². The first-order chi connectivity index (χ1) is 14.2. The maximum absolute atomic E-state index is 12.9. The average molecular weight is 436 g/mol. The molecule has 10 heteroatoms. The van der Waals surface area contributed by atoms with E-state index in [0.29, 0.717) is 22.6 Å². The number of carbonyl (C=O) groups excluding carboxylic acids is 2. The fraction of sp³-hybridized carbons (Fsp3) is 0.300. The zero-order valence-corrected chi connectivity index (χ0v) is 17.8. The first-order valence-corrected chi connectivity index (χ1v) is 10.4. The lowest BCUT2D eigenvalue weighted by Crippen LogP contribution is -2.36. The molecule has 0 saturated carbocycles. The standard InChI is InChI=1S/C20H24N2O7S/c1-27-16-8-15(9-17(11-16)28-2)12-22(13-20(24)29-3)19(23)10-14-4-6-18(7-5-14)30(21,25)26/h4-9,11H,10,12-13H2,1-3H3,(H2,21,25,26). The maximum atomic E-state index is 12.9. The molecule has 9 nitrogen and oxygen atoms in total. The van der Waals surface area contributed by atoms with Crippen molar-refractivity contribution in [1.29, 1.82) is 0 Å². The number of benzene rings is 2. The van der Waals surface area contributed by atoms with Crippen molar-refractivity contribution in [3.63, 3.8) is 0 Å². The summed E-state index contributed by atoms with van der Waals surface area (Å²) in [6.45, 7) is -0.124. The normalized spacial score (nSPS) is 10.9. The molecule has 0 aliphatic heterocycles. The van der Waals surface area contributed by atoms with Crippen molar-refractivity contribution in [3.8, 4) is 11.5 Å². The zero-order valence-electron chi connectivity index (χ0n) is 17.0. The zero-order chi connectivity index (χ0) is 22.3. The highest BCUT2D eigenvalue weighted by atomic mass is 32.2. The lowest BCUT2D eigenvalue weighted by molar-refractivity contribution is -0.147. The Bertz CT molecular complexity index is 982. The minimum Gasteiger partial charge on any atom is -0.497 e. The second-order valence-electron chi connectivity index (χ2n) is 6.41. The second kappa shape index (κ2) is 10.1. The van der Waals surface area contributed by atoms with Crippen LogP contribution in [-0.4, -0.2) is 53.1 Å². The van der Waals surface area contributed by atoms with Crippen LogP contribution in [0, 0.1) is 0 Å². The second-order valence-corrected chi connectivity index (χ2v) is 7.97. The summed E-state index contributed by atoms with van der Waals surface area (Å²) in [6.07, 6.45) is -0.0387. The molecule has 0 bridgehead atoms. The molecule has 0 spiro atoms. The third-order valence-corrected chi connectivity index (χ3v) is 5.22. The number of primary sulfonamides is 1. The number of hydrogen-bond donors (Lipinski definition) is 1. The lowest BCUT2D eigenvalue weighted by Gasteiger charge is -2.22. The Morgan fingerprint density at radius 1 is 0.933 bits per heavy atom. The molecule has 0 unspecified atom stereocenters. The van der Waals surface area contributed by atoms with E-state index in [0.717, 1.165) is 0 Å². The van der Waals surface area contributed by atoms with E-state index in [-0.39, 0.29) is 30.3 Å². The smallest absolute Gasteiger partial charge is 0.325 e. The number of ether oxygens (including phenoxy) is 3. The summed E-state index contributed by atoms with van der Waals surface area (Å²) >= 11 is 0. The van der Waals surface area contributed by atoms with Gasteiger partial charge in [-0.25, -0.2) is 13.6 Å². The van der Waals surface area contributed by atoms with Gasteiger partial charge in [-0.2, -0.15) is 0 Å². The monoisotopic (exact) mass is 436 g/mol. The molecule has 0 saturated heterocycles. The number of rotatable bonds is 9. The average Bonchev–Trinajstić information content (AvgIpc) is 2.72. The fourth-order valence-electron chi connectivity index (χ4n) is 2.71. The van der Waals surface area contributed by atoms with Crippen molar-refractivity contribution in [2.75, 3.05) is 27.9 Å². The van der Waals surface area contributed by atoms with E-state index in [4.69, 9.17) is 19.3 Å². The summed E-state index contributed by atoms with van der Waals surface area (Å²) < 4.78 is 37.9. The Kier molecular flexibility index (Phi) is 7.79. The Labute approximate surface area is 175 Å². The number of sulfonamides is 1.